The molecule has 0 atom stereocenters. The summed E-state index contributed by atoms with van der Waals surface area (Å²) in [5.74, 6) is 1.58. The van der Waals surface area contributed by atoms with E-state index in [4.69, 9.17) is 14.2 Å². The molecule has 0 saturated carbocycles. The molecule has 32 heavy (non-hydrogen) atoms. The van der Waals surface area contributed by atoms with E-state index in [0.717, 1.165) is 30.4 Å². The molecule has 5 nitrogen and oxygen atoms in total. The third-order valence-electron chi connectivity index (χ3n) is 5.11. The van der Waals surface area contributed by atoms with E-state index < -0.39 is 0 Å². The summed E-state index contributed by atoms with van der Waals surface area (Å²) in [6.45, 7) is 6.24. The van der Waals surface area contributed by atoms with Gasteiger partial charge in [-0.05, 0) is 74.0 Å². The lowest BCUT2D eigenvalue weighted by Crippen LogP contribution is -2.06. The molecule has 0 bridgehead atoms. The summed E-state index contributed by atoms with van der Waals surface area (Å²) in [6, 6.07) is 7.30. The highest BCUT2D eigenvalue weighted by Gasteiger charge is 2.21. The first kappa shape index (κ1) is 26.4. The van der Waals surface area contributed by atoms with Gasteiger partial charge in [0.15, 0.2) is 11.5 Å². The summed E-state index contributed by atoms with van der Waals surface area (Å²) in [7, 11) is 2.97. The van der Waals surface area contributed by atoms with E-state index in [2.05, 4.69) is 52.6 Å². The van der Waals surface area contributed by atoms with E-state index in [9.17, 15) is 9.59 Å². The first-order valence-corrected chi connectivity index (χ1v) is 12.3. The quantitative estimate of drug-likeness (QED) is 0.158. The second-order valence-electron chi connectivity index (χ2n) is 7.87. The van der Waals surface area contributed by atoms with Gasteiger partial charge in [0, 0.05) is 12.0 Å². The maximum Gasteiger partial charge on any atom is 0.309 e. The van der Waals surface area contributed by atoms with Crippen LogP contribution in [0.3, 0.4) is 0 Å². The minimum atomic E-state index is -0.325. The van der Waals surface area contributed by atoms with Crippen molar-refractivity contribution in [3.63, 3.8) is 0 Å². The Morgan fingerprint density at radius 1 is 0.969 bits per heavy atom. The normalized spacial score (nSPS) is 10.9. The Balaban J connectivity index is 2.49. The Labute approximate surface area is 207 Å². The first-order valence-electron chi connectivity index (χ1n) is 10.7. The van der Waals surface area contributed by atoms with Gasteiger partial charge in [0.25, 0.3) is 0 Å². The predicted octanol–water partition coefficient (Wildman–Crippen LogP) is 7.61. The fourth-order valence-corrected chi connectivity index (χ4v) is 4.78. The number of carbonyl (C=O) groups excluding carboxylic acids is 2. The molecule has 2 rings (SSSR count). The van der Waals surface area contributed by atoms with Gasteiger partial charge in [0.2, 0.25) is 0 Å². The second kappa shape index (κ2) is 12.4. The van der Waals surface area contributed by atoms with E-state index in [1.807, 2.05) is 18.2 Å². The first-order chi connectivity index (χ1) is 15.2. The van der Waals surface area contributed by atoms with E-state index >= 15 is 0 Å². The molecule has 0 unspecified atom stereocenters. The van der Waals surface area contributed by atoms with E-state index in [1.165, 1.54) is 7.11 Å². The highest BCUT2D eigenvalue weighted by molar-refractivity contribution is 9.11. The lowest BCUT2D eigenvalue weighted by molar-refractivity contribution is -0.139. The van der Waals surface area contributed by atoms with Crippen molar-refractivity contribution >= 4 is 43.6 Å². The van der Waals surface area contributed by atoms with Crippen molar-refractivity contribution in [1.82, 2.24) is 0 Å². The van der Waals surface area contributed by atoms with Crippen LogP contribution in [0.25, 0.3) is 0 Å². The van der Waals surface area contributed by atoms with Gasteiger partial charge in [-0.2, -0.15) is 0 Å². The van der Waals surface area contributed by atoms with E-state index in [0.29, 0.717) is 38.2 Å². The molecule has 2 aromatic carbocycles. The number of rotatable bonds is 11. The predicted molar refractivity (Wildman–Crippen MR) is 133 cm³/mol. The molecule has 0 saturated heterocycles. The average Bonchev–Trinajstić information content (AvgIpc) is 2.75. The molecule has 7 heteroatoms. The van der Waals surface area contributed by atoms with Crippen molar-refractivity contribution in [2.45, 2.75) is 58.8 Å². The molecule has 0 spiro atoms. The minimum Gasteiger partial charge on any atom is -0.496 e. The van der Waals surface area contributed by atoms with E-state index in [-0.39, 0.29) is 24.1 Å². The molecule has 2 aromatic rings. The van der Waals surface area contributed by atoms with Gasteiger partial charge < -0.3 is 14.2 Å². The third-order valence-corrected chi connectivity index (χ3v) is 6.29. The largest absolute Gasteiger partial charge is 0.496 e. The molecular formula is C25H30Br2O5. The minimum absolute atomic E-state index is 0.0246. The van der Waals surface area contributed by atoms with Crippen molar-refractivity contribution in [2.75, 3.05) is 14.2 Å². The van der Waals surface area contributed by atoms with Crippen molar-refractivity contribution in [2.24, 2.45) is 0 Å². The Hall–Kier alpha value is -1.86. The molecule has 0 aliphatic rings. The zero-order valence-electron chi connectivity index (χ0n) is 19.2. The van der Waals surface area contributed by atoms with Crippen molar-refractivity contribution in [3.05, 3.63) is 49.9 Å². The molecule has 0 amide bonds. The second-order valence-corrected chi connectivity index (χ2v) is 9.58. The monoisotopic (exact) mass is 568 g/mol. The lowest BCUT2D eigenvalue weighted by Gasteiger charge is -2.19. The number of hydrogen-bond donors (Lipinski definition) is 0. The fourth-order valence-electron chi connectivity index (χ4n) is 3.34. The molecule has 0 aliphatic heterocycles. The Kier molecular flexibility index (Phi) is 10.2. The fraction of sp³-hybridized carbons (Fsp3) is 0.440. The van der Waals surface area contributed by atoms with Crippen LogP contribution in [0.5, 0.6) is 17.2 Å². The highest BCUT2D eigenvalue weighted by atomic mass is 79.9. The van der Waals surface area contributed by atoms with Gasteiger partial charge in [-0.15, -0.1) is 0 Å². The summed E-state index contributed by atoms with van der Waals surface area (Å²) in [4.78, 5) is 24.7. The highest BCUT2D eigenvalue weighted by Crippen LogP contribution is 2.42. The number of benzene rings is 2. The third kappa shape index (κ3) is 6.82. The molecule has 0 aromatic heterocycles. The van der Waals surface area contributed by atoms with Crippen LogP contribution in [0.1, 0.15) is 73.9 Å². The summed E-state index contributed by atoms with van der Waals surface area (Å²) in [5.41, 5.74) is 2.23. The van der Waals surface area contributed by atoms with Crippen LogP contribution >= 0.6 is 31.9 Å². The van der Waals surface area contributed by atoms with Crippen LogP contribution in [0.15, 0.2) is 33.2 Å². The molecule has 0 N–H and O–H groups in total. The van der Waals surface area contributed by atoms with E-state index in [1.54, 1.807) is 13.2 Å². The number of carbonyl (C=O) groups is 2. The number of Topliss-reactive ketones (excluding diaryl/α,β-unsaturated/α-hetero) is 1. The Morgan fingerprint density at radius 2 is 1.62 bits per heavy atom. The number of hydrogen-bond acceptors (Lipinski definition) is 5. The average molecular weight is 570 g/mol. The number of halogens is 2. The number of ether oxygens (including phenoxy) is 3. The maximum absolute atomic E-state index is 13.0. The molecule has 0 aliphatic carbocycles. The number of unbranched alkanes of at least 4 members (excludes halogenated alkanes) is 2. The van der Waals surface area contributed by atoms with Crippen molar-refractivity contribution in [3.8, 4) is 17.2 Å². The standard InChI is InChI=1S/C25H30Br2O5/c1-6-7-8-9-21(28)18-14-22(30-4)17(15(2)3)13-23(18)32-25-19(26)10-16(11-20(25)27)12-24(29)31-5/h10-11,13-15H,6-9,12H2,1-5H3. The molecule has 0 radical (unpaired) electrons. The zero-order chi connectivity index (χ0) is 23.8. The molecule has 174 valence electrons. The number of esters is 1. The summed E-state index contributed by atoms with van der Waals surface area (Å²) >= 11 is 7.08. The van der Waals surface area contributed by atoms with Gasteiger partial charge in [-0.3, -0.25) is 9.59 Å². The van der Waals surface area contributed by atoms with Crippen LogP contribution in [0, 0.1) is 0 Å². The Bertz CT molecular complexity index is 946. The van der Waals surface area contributed by atoms with Gasteiger partial charge in [-0.1, -0.05) is 33.6 Å². The Morgan fingerprint density at radius 3 is 2.16 bits per heavy atom. The van der Waals surface area contributed by atoms with Crippen LogP contribution in [0.2, 0.25) is 0 Å². The summed E-state index contributed by atoms with van der Waals surface area (Å²) in [6.07, 6.45) is 3.48. The lowest BCUT2D eigenvalue weighted by atomic mass is 9.96. The van der Waals surface area contributed by atoms with Gasteiger partial charge in [0.1, 0.15) is 11.5 Å². The summed E-state index contributed by atoms with van der Waals surface area (Å²) < 4.78 is 17.9. The van der Waals surface area contributed by atoms with Gasteiger partial charge in [-0.25, -0.2) is 0 Å². The van der Waals surface area contributed by atoms with Crippen molar-refractivity contribution < 1.29 is 23.8 Å². The van der Waals surface area contributed by atoms with Crippen LogP contribution in [-0.2, 0) is 16.0 Å². The number of ketones is 1. The number of methoxy groups -OCH3 is 2. The van der Waals surface area contributed by atoms with Crippen molar-refractivity contribution in [1.29, 1.82) is 0 Å². The molecular weight excluding hydrogens is 540 g/mol. The smallest absolute Gasteiger partial charge is 0.309 e. The van der Waals surface area contributed by atoms with Gasteiger partial charge in [0.05, 0.1) is 35.1 Å². The van der Waals surface area contributed by atoms with Crippen LogP contribution < -0.4 is 9.47 Å². The van der Waals surface area contributed by atoms with Gasteiger partial charge >= 0.3 is 5.97 Å². The molecule has 0 fully saturated rings. The molecule has 0 heterocycles. The SMILES string of the molecule is CCCCCC(=O)c1cc(OC)c(C(C)C)cc1Oc1c(Br)cc(CC(=O)OC)cc1Br. The zero-order valence-corrected chi connectivity index (χ0v) is 22.4. The van der Waals surface area contributed by atoms with Crippen LogP contribution in [0.4, 0.5) is 0 Å². The maximum atomic E-state index is 13.0. The summed E-state index contributed by atoms with van der Waals surface area (Å²) in [5, 5.41) is 0. The van der Waals surface area contributed by atoms with Crippen LogP contribution in [-0.4, -0.2) is 26.0 Å². The topological polar surface area (TPSA) is 61.8 Å².